The minimum absolute atomic E-state index is 0.105. The fourth-order valence-electron chi connectivity index (χ4n) is 4.21. The molecule has 0 aliphatic carbocycles. The fraction of sp³-hybridized carbons (Fsp3) is 0.280. The van der Waals surface area contributed by atoms with Crippen molar-refractivity contribution < 1.29 is 9.53 Å². The third-order valence-electron chi connectivity index (χ3n) is 5.89. The van der Waals surface area contributed by atoms with Crippen molar-refractivity contribution in [3.63, 3.8) is 0 Å². The summed E-state index contributed by atoms with van der Waals surface area (Å²) in [6.07, 6.45) is 4.49. The van der Waals surface area contributed by atoms with Gasteiger partial charge in [0.15, 0.2) is 0 Å². The van der Waals surface area contributed by atoms with Crippen LogP contribution in [0, 0.1) is 0 Å². The van der Waals surface area contributed by atoms with Crippen LogP contribution in [0.15, 0.2) is 67.0 Å². The molecule has 0 spiro atoms. The second kappa shape index (κ2) is 9.28. The molecule has 0 fully saturated rings. The molecule has 2 aromatic carbocycles. The van der Waals surface area contributed by atoms with Crippen molar-refractivity contribution in [3.8, 4) is 5.75 Å². The van der Waals surface area contributed by atoms with Crippen molar-refractivity contribution in [2.24, 2.45) is 0 Å². The van der Waals surface area contributed by atoms with Gasteiger partial charge in [-0.3, -0.25) is 9.69 Å². The third-order valence-corrected chi connectivity index (χ3v) is 5.89. The molecule has 0 saturated heterocycles. The van der Waals surface area contributed by atoms with Crippen LogP contribution in [0.3, 0.4) is 0 Å². The number of nitrogens with zero attached hydrogens (tertiary/aromatic N) is 3. The molecule has 7 heteroatoms. The Morgan fingerprint density at radius 1 is 1.09 bits per heavy atom. The number of nitrogens with one attached hydrogen (secondary N) is 2. The zero-order chi connectivity index (χ0) is 21.8. The lowest BCUT2D eigenvalue weighted by Crippen LogP contribution is -2.31. The van der Waals surface area contributed by atoms with Crippen molar-refractivity contribution in [2.75, 3.05) is 26.2 Å². The SMILES string of the molecule is O=C(NCCOc1ccccc1)c1cnc2n1CCN(Cc1ccc3[nH]ccc3c1)CC2. The van der Waals surface area contributed by atoms with Gasteiger partial charge in [0.05, 0.1) is 12.7 Å². The highest BCUT2D eigenvalue weighted by Gasteiger charge is 2.21. The van der Waals surface area contributed by atoms with Crippen molar-refractivity contribution in [2.45, 2.75) is 19.5 Å². The third kappa shape index (κ3) is 4.53. The predicted octanol–water partition coefficient (Wildman–Crippen LogP) is 3.23. The molecular weight excluding hydrogens is 402 g/mol. The van der Waals surface area contributed by atoms with Crippen LogP contribution >= 0.6 is 0 Å². The molecule has 164 valence electrons. The highest BCUT2D eigenvalue weighted by atomic mass is 16.5. The first kappa shape index (κ1) is 20.3. The van der Waals surface area contributed by atoms with E-state index in [1.807, 2.05) is 36.5 Å². The number of rotatable bonds is 7. The van der Waals surface area contributed by atoms with Crippen LogP contribution < -0.4 is 10.1 Å². The topological polar surface area (TPSA) is 75.2 Å². The van der Waals surface area contributed by atoms with E-state index in [1.54, 1.807) is 6.20 Å². The van der Waals surface area contributed by atoms with Crippen LogP contribution in [0.5, 0.6) is 5.75 Å². The van der Waals surface area contributed by atoms with E-state index in [-0.39, 0.29) is 5.91 Å². The zero-order valence-electron chi connectivity index (χ0n) is 18.0. The van der Waals surface area contributed by atoms with Gasteiger partial charge in [0.25, 0.3) is 5.91 Å². The van der Waals surface area contributed by atoms with E-state index in [0.29, 0.717) is 18.8 Å². The average molecular weight is 430 g/mol. The van der Waals surface area contributed by atoms with Crippen LogP contribution in [0.25, 0.3) is 10.9 Å². The molecule has 0 radical (unpaired) electrons. The molecule has 5 rings (SSSR count). The Hall–Kier alpha value is -3.58. The van der Waals surface area contributed by atoms with Gasteiger partial charge >= 0.3 is 0 Å². The summed E-state index contributed by atoms with van der Waals surface area (Å²) in [5, 5.41) is 4.19. The summed E-state index contributed by atoms with van der Waals surface area (Å²) in [5.74, 6) is 1.67. The molecule has 3 heterocycles. The molecule has 2 N–H and O–H groups in total. The largest absolute Gasteiger partial charge is 0.492 e. The fourth-order valence-corrected chi connectivity index (χ4v) is 4.21. The van der Waals surface area contributed by atoms with Gasteiger partial charge in [-0.1, -0.05) is 24.3 Å². The molecule has 1 aliphatic rings. The van der Waals surface area contributed by atoms with E-state index < -0.39 is 0 Å². The molecule has 0 unspecified atom stereocenters. The maximum atomic E-state index is 12.7. The van der Waals surface area contributed by atoms with Gasteiger partial charge < -0.3 is 19.6 Å². The Labute approximate surface area is 187 Å². The Morgan fingerprint density at radius 2 is 2.00 bits per heavy atom. The van der Waals surface area contributed by atoms with Gasteiger partial charge in [-0.15, -0.1) is 0 Å². The number of amides is 1. The van der Waals surface area contributed by atoms with E-state index >= 15 is 0 Å². The molecule has 4 aromatic rings. The number of aromatic amines is 1. The summed E-state index contributed by atoms with van der Waals surface area (Å²) >= 11 is 0. The number of ether oxygens (including phenoxy) is 1. The number of para-hydroxylation sites is 1. The number of carbonyl (C=O) groups excluding carboxylic acids is 1. The van der Waals surface area contributed by atoms with Crippen molar-refractivity contribution in [3.05, 3.63) is 84.1 Å². The Balaban J connectivity index is 1.16. The lowest BCUT2D eigenvalue weighted by Gasteiger charge is -2.19. The minimum Gasteiger partial charge on any atom is -0.492 e. The van der Waals surface area contributed by atoms with Crippen molar-refractivity contribution in [1.29, 1.82) is 0 Å². The number of aromatic nitrogens is 3. The monoisotopic (exact) mass is 429 g/mol. The van der Waals surface area contributed by atoms with E-state index in [1.165, 1.54) is 10.9 Å². The van der Waals surface area contributed by atoms with E-state index in [2.05, 4.69) is 49.0 Å². The van der Waals surface area contributed by atoms with Crippen LogP contribution in [0.1, 0.15) is 21.9 Å². The Morgan fingerprint density at radius 3 is 2.91 bits per heavy atom. The first-order valence-corrected chi connectivity index (χ1v) is 11.0. The van der Waals surface area contributed by atoms with Gasteiger partial charge in [0, 0.05) is 44.3 Å². The Bertz CT molecular complexity index is 1200. The molecule has 0 atom stereocenters. The molecular formula is C25H27N5O2. The normalized spacial score (nSPS) is 14.1. The first-order valence-electron chi connectivity index (χ1n) is 11.0. The number of hydrogen-bond donors (Lipinski definition) is 2. The molecule has 1 amide bonds. The number of hydrogen-bond acceptors (Lipinski definition) is 4. The molecule has 32 heavy (non-hydrogen) atoms. The summed E-state index contributed by atoms with van der Waals surface area (Å²) in [6, 6.07) is 18.3. The lowest BCUT2D eigenvalue weighted by atomic mass is 10.1. The highest BCUT2D eigenvalue weighted by molar-refractivity contribution is 5.92. The number of benzene rings is 2. The molecule has 2 aromatic heterocycles. The highest BCUT2D eigenvalue weighted by Crippen LogP contribution is 2.18. The van der Waals surface area contributed by atoms with Crippen molar-refractivity contribution in [1.82, 2.24) is 24.8 Å². The van der Waals surface area contributed by atoms with Crippen LogP contribution in [0.4, 0.5) is 0 Å². The predicted molar refractivity (Wildman–Crippen MR) is 124 cm³/mol. The second-order valence-corrected chi connectivity index (χ2v) is 8.05. The lowest BCUT2D eigenvalue weighted by molar-refractivity contribution is 0.0937. The minimum atomic E-state index is -0.105. The molecule has 0 saturated carbocycles. The van der Waals surface area contributed by atoms with E-state index in [4.69, 9.17) is 4.74 Å². The first-order chi connectivity index (χ1) is 15.8. The van der Waals surface area contributed by atoms with Gasteiger partial charge in [-0.25, -0.2) is 4.98 Å². The van der Waals surface area contributed by atoms with E-state index in [9.17, 15) is 4.79 Å². The average Bonchev–Trinajstić information content (AvgIpc) is 3.41. The van der Waals surface area contributed by atoms with E-state index in [0.717, 1.165) is 49.7 Å². The van der Waals surface area contributed by atoms with Gasteiger partial charge in [0.1, 0.15) is 23.9 Å². The second-order valence-electron chi connectivity index (χ2n) is 8.05. The summed E-state index contributed by atoms with van der Waals surface area (Å²) in [5.41, 5.74) is 3.08. The summed E-state index contributed by atoms with van der Waals surface area (Å²) in [6.45, 7) is 4.33. The molecule has 0 bridgehead atoms. The van der Waals surface area contributed by atoms with Crippen LogP contribution in [0.2, 0.25) is 0 Å². The number of carbonyl (C=O) groups is 1. The van der Waals surface area contributed by atoms with Gasteiger partial charge in [-0.05, 0) is 41.3 Å². The zero-order valence-corrected chi connectivity index (χ0v) is 18.0. The molecule has 1 aliphatic heterocycles. The maximum absolute atomic E-state index is 12.7. The summed E-state index contributed by atoms with van der Waals surface area (Å²) in [7, 11) is 0. The van der Waals surface area contributed by atoms with Gasteiger partial charge in [0.2, 0.25) is 0 Å². The number of fused-ring (bicyclic) bond motifs is 2. The van der Waals surface area contributed by atoms with Gasteiger partial charge in [-0.2, -0.15) is 0 Å². The smallest absolute Gasteiger partial charge is 0.269 e. The Kier molecular flexibility index (Phi) is 5.89. The van der Waals surface area contributed by atoms with Crippen molar-refractivity contribution >= 4 is 16.8 Å². The summed E-state index contributed by atoms with van der Waals surface area (Å²) < 4.78 is 7.71. The standard InChI is InChI=1S/C25H27N5O2/c31-25(27-11-15-32-21-4-2-1-3-5-21)23-17-28-24-9-12-29(13-14-30(23)24)18-19-6-7-22-20(16-19)8-10-26-22/h1-8,10,16-17,26H,9,11-15,18H2,(H,27,31). The number of imidazole rings is 1. The maximum Gasteiger partial charge on any atom is 0.269 e. The van der Waals surface area contributed by atoms with Crippen LogP contribution in [-0.4, -0.2) is 51.6 Å². The van der Waals surface area contributed by atoms with Crippen LogP contribution in [-0.2, 0) is 19.5 Å². The quantitative estimate of drug-likeness (QED) is 0.443. The number of H-pyrrole nitrogens is 1. The molecule has 7 nitrogen and oxygen atoms in total. The summed E-state index contributed by atoms with van der Waals surface area (Å²) in [4.78, 5) is 22.9.